The minimum atomic E-state index is -0.115. The highest BCUT2D eigenvalue weighted by Gasteiger charge is 2.70. The van der Waals surface area contributed by atoms with Crippen LogP contribution in [-0.2, 0) is 14.3 Å². The van der Waals surface area contributed by atoms with Gasteiger partial charge >= 0.3 is 5.97 Å². The number of hydrogen-bond acceptors (Lipinski definition) is 3. The predicted molar refractivity (Wildman–Crippen MR) is 146 cm³/mol. The van der Waals surface area contributed by atoms with Gasteiger partial charge in [0.05, 0.1) is 6.10 Å². The molecular formula is C33H54O3. The van der Waals surface area contributed by atoms with Gasteiger partial charge in [0, 0.05) is 24.9 Å². The molecular weight excluding hydrogens is 444 g/mol. The minimum Gasteiger partial charge on any atom is -0.462 e. The van der Waals surface area contributed by atoms with Crippen LogP contribution in [-0.4, -0.2) is 25.3 Å². The molecule has 11 atom stereocenters. The maximum absolute atomic E-state index is 11.9. The van der Waals surface area contributed by atoms with Gasteiger partial charge in [-0.2, -0.15) is 0 Å². The average Bonchev–Trinajstić information content (AvgIpc) is 2.79. The first-order valence-corrected chi connectivity index (χ1v) is 15.0. The lowest BCUT2D eigenvalue weighted by Crippen LogP contribution is -2.68. The Balaban J connectivity index is 1.51. The summed E-state index contributed by atoms with van der Waals surface area (Å²) in [7, 11) is 1.93. The van der Waals surface area contributed by atoms with E-state index in [1.54, 1.807) is 12.5 Å². The summed E-state index contributed by atoms with van der Waals surface area (Å²) < 4.78 is 12.1. The third-order valence-electron chi connectivity index (χ3n) is 14.1. The summed E-state index contributed by atoms with van der Waals surface area (Å²) in [6, 6.07) is 0. The molecule has 3 nitrogen and oxygen atoms in total. The standard InChI is InChI=1S/C33H54O3/c1-20-19-27(35-10)31(7)17-18-32(8)23(28(31)21(20)2)11-12-25-30(6)15-14-26(36-22(3)34)29(4,5)24(30)13-16-33(25,32)9/h19,21,23-28H,11-18H2,1-10H3/t21-,23-,24+,25-,26+,27+,28-,30+,31+,32-,33-/m1/s1. The first-order valence-electron chi connectivity index (χ1n) is 15.0. The highest BCUT2D eigenvalue weighted by Crippen LogP contribution is 2.76. The summed E-state index contributed by atoms with van der Waals surface area (Å²) in [5.74, 6) is 3.35. The lowest BCUT2D eigenvalue weighted by Gasteiger charge is -2.74. The summed E-state index contributed by atoms with van der Waals surface area (Å²) in [6.45, 7) is 21.9. The van der Waals surface area contributed by atoms with Crippen LogP contribution >= 0.6 is 0 Å². The number of esters is 1. The van der Waals surface area contributed by atoms with E-state index in [1.807, 2.05) is 7.11 Å². The van der Waals surface area contributed by atoms with E-state index >= 15 is 0 Å². The number of ether oxygens (including phenoxy) is 2. The van der Waals surface area contributed by atoms with Gasteiger partial charge in [0.25, 0.3) is 0 Å². The van der Waals surface area contributed by atoms with E-state index in [4.69, 9.17) is 9.47 Å². The maximum Gasteiger partial charge on any atom is 0.302 e. The summed E-state index contributed by atoms with van der Waals surface area (Å²) >= 11 is 0. The zero-order chi connectivity index (χ0) is 26.5. The van der Waals surface area contributed by atoms with Crippen molar-refractivity contribution in [2.75, 3.05) is 7.11 Å². The van der Waals surface area contributed by atoms with Crippen LogP contribution < -0.4 is 0 Å². The molecule has 0 radical (unpaired) electrons. The second-order valence-corrected chi connectivity index (χ2v) is 15.5. The van der Waals surface area contributed by atoms with E-state index < -0.39 is 0 Å². The fraction of sp³-hybridized carbons (Fsp3) is 0.909. The van der Waals surface area contributed by atoms with E-state index in [0.29, 0.717) is 34.0 Å². The Bertz CT molecular complexity index is 935. The van der Waals surface area contributed by atoms with E-state index in [2.05, 4.69) is 61.5 Å². The van der Waals surface area contributed by atoms with E-state index in [9.17, 15) is 4.79 Å². The van der Waals surface area contributed by atoms with Crippen molar-refractivity contribution in [3.05, 3.63) is 11.6 Å². The van der Waals surface area contributed by atoms with Gasteiger partial charge in [0.1, 0.15) is 6.10 Å². The molecule has 0 aliphatic heterocycles. The number of carbonyl (C=O) groups excluding carboxylic acids is 1. The summed E-state index contributed by atoms with van der Waals surface area (Å²) in [4.78, 5) is 11.9. The van der Waals surface area contributed by atoms with Crippen molar-refractivity contribution < 1.29 is 14.3 Å². The molecule has 0 bridgehead atoms. The van der Waals surface area contributed by atoms with Crippen LogP contribution in [0.2, 0.25) is 0 Å². The highest BCUT2D eigenvalue weighted by atomic mass is 16.5. The van der Waals surface area contributed by atoms with Crippen LogP contribution in [0.15, 0.2) is 11.6 Å². The summed E-state index contributed by atoms with van der Waals surface area (Å²) in [6.07, 6.45) is 12.9. The number of carbonyl (C=O) groups is 1. The Labute approximate surface area is 221 Å². The highest BCUT2D eigenvalue weighted by molar-refractivity contribution is 5.66. The third kappa shape index (κ3) is 3.29. The van der Waals surface area contributed by atoms with Crippen molar-refractivity contribution in [3.63, 3.8) is 0 Å². The molecule has 0 aromatic heterocycles. The number of allylic oxidation sites excluding steroid dienone is 1. The molecule has 4 saturated carbocycles. The van der Waals surface area contributed by atoms with Crippen molar-refractivity contribution in [1.82, 2.24) is 0 Å². The zero-order valence-electron chi connectivity index (χ0n) is 25.0. The van der Waals surface area contributed by atoms with Crippen LogP contribution in [0.4, 0.5) is 0 Å². The average molecular weight is 499 g/mol. The van der Waals surface area contributed by atoms with E-state index in [-0.39, 0.29) is 29.0 Å². The maximum atomic E-state index is 11.9. The molecule has 5 aliphatic carbocycles. The normalized spacial score (nSPS) is 53.7. The van der Waals surface area contributed by atoms with Gasteiger partial charge in [0.15, 0.2) is 0 Å². The molecule has 0 saturated heterocycles. The molecule has 0 N–H and O–H groups in total. The van der Waals surface area contributed by atoms with Crippen molar-refractivity contribution in [2.45, 2.75) is 126 Å². The number of rotatable bonds is 2. The van der Waals surface area contributed by atoms with Gasteiger partial charge in [-0.25, -0.2) is 0 Å². The van der Waals surface area contributed by atoms with Crippen molar-refractivity contribution >= 4 is 5.97 Å². The first kappa shape index (κ1) is 26.8. The molecule has 0 aromatic carbocycles. The van der Waals surface area contributed by atoms with Gasteiger partial charge in [0.2, 0.25) is 0 Å². The SMILES string of the molecule is CO[C@H]1C=C(C)[C@@H](C)[C@@H]2[C@H]3CC[C@@H]4[C@@]5(C)CC[C@H](OC(C)=O)C(C)(C)[C@@H]5CC[C@@]4(C)[C@]3(C)CC[C@]21C. The van der Waals surface area contributed by atoms with Gasteiger partial charge in [-0.05, 0) is 104 Å². The van der Waals surface area contributed by atoms with Gasteiger partial charge in [-0.3, -0.25) is 4.79 Å². The van der Waals surface area contributed by atoms with E-state index in [0.717, 1.165) is 18.3 Å². The predicted octanol–water partition coefficient (Wildman–Crippen LogP) is 8.22. The Hall–Kier alpha value is -0.830. The monoisotopic (exact) mass is 498 g/mol. The number of methoxy groups -OCH3 is 1. The Morgan fingerprint density at radius 2 is 1.56 bits per heavy atom. The smallest absolute Gasteiger partial charge is 0.302 e. The fourth-order valence-electron chi connectivity index (χ4n) is 12.0. The largest absolute Gasteiger partial charge is 0.462 e. The third-order valence-corrected chi connectivity index (χ3v) is 14.1. The Kier molecular flexibility index (Phi) is 6.19. The van der Waals surface area contributed by atoms with Crippen molar-refractivity contribution in [3.8, 4) is 0 Å². The molecule has 36 heavy (non-hydrogen) atoms. The molecule has 0 aromatic rings. The second kappa shape index (κ2) is 8.33. The lowest BCUT2D eigenvalue weighted by atomic mass is 9.31. The van der Waals surface area contributed by atoms with Crippen LogP contribution in [0.5, 0.6) is 0 Å². The minimum absolute atomic E-state index is 0.0361. The van der Waals surface area contributed by atoms with E-state index in [1.165, 1.54) is 44.9 Å². The topological polar surface area (TPSA) is 35.5 Å². The van der Waals surface area contributed by atoms with Crippen LogP contribution in [0.3, 0.4) is 0 Å². The number of hydrogen-bond donors (Lipinski definition) is 0. The second-order valence-electron chi connectivity index (χ2n) is 15.5. The lowest BCUT2D eigenvalue weighted by molar-refractivity contribution is -0.258. The molecule has 0 amide bonds. The Morgan fingerprint density at radius 1 is 0.861 bits per heavy atom. The van der Waals surface area contributed by atoms with Crippen LogP contribution in [0.1, 0.15) is 114 Å². The molecule has 0 spiro atoms. The summed E-state index contributed by atoms with van der Waals surface area (Å²) in [5.41, 5.74) is 2.88. The van der Waals surface area contributed by atoms with Crippen molar-refractivity contribution in [1.29, 1.82) is 0 Å². The Morgan fingerprint density at radius 3 is 2.19 bits per heavy atom. The summed E-state index contributed by atoms with van der Waals surface area (Å²) in [5, 5.41) is 0. The molecule has 0 heterocycles. The van der Waals surface area contributed by atoms with Crippen LogP contribution in [0, 0.1) is 56.7 Å². The fourth-order valence-corrected chi connectivity index (χ4v) is 12.0. The van der Waals surface area contributed by atoms with Crippen molar-refractivity contribution in [2.24, 2.45) is 56.7 Å². The van der Waals surface area contributed by atoms with Gasteiger partial charge in [-0.1, -0.05) is 60.1 Å². The van der Waals surface area contributed by atoms with Crippen LogP contribution in [0.25, 0.3) is 0 Å². The molecule has 0 unspecified atom stereocenters. The molecule has 5 rings (SSSR count). The zero-order valence-corrected chi connectivity index (χ0v) is 25.0. The molecule has 5 aliphatic rings. The quantitative estimate of drug-likeness (QED) is 0.284. The van der Waals surface area contributed by atoms with Gasteiger partial charge in [-0.15, -0.1) is 0 Å². The van der Waals surface area contributed by atoms with Gasteiger partial charge < -0.3 is 9.47 Å². The molecule has 3 heteroatoms. The number of fused-ring (bicyclic) bond motifs is 7. The molecule has 204 valence electrons. The first-order chi connectivity index (χ1) is 16.7. The molecule has 4 fully saturated rings.